The van der Waals surface area contributed by atoms with Crippen LogP contribution in [0.4, 0.5) is 0 Å². The van der Waals surface area contributed by atoms with Crippen molar-refractivity contribution in [2.45, 2.75) is 53.0 Å². The molecule has 186 valence electrons. The van der Waals surface area contributed by atoms with E-state index >= 15 is 0 Å². The normalized spacial score (nSPS) is 12.0. The Morgan fingerprint density at radius 3 is 2.47 bits per heavy atom. The lowest BCUT2D eigenvalue weighted by atomic mass is 10.1. The highest BCUT2D eigenvalue weighted by Gasteiger charge is 2.28. The maximum Gasteiger partial charge on any atom is 0.266 e. The highest BCUT2D eigenvalue weighted by atomic mass is 35.5. The Balaban J connectivity index is 1.93. The fourth-order valence-corrected chi connectivity index (χ4v) is 4.78. The van der Waals surface area contributed by atoms with Crippen LogP contribution in [0.25, 0.3) is 16.6 Å². The third-order valence-corrected chi connectivity index (χ3v) is 7.17. The Morgan fingerprint density at radius 1 is 1.00 bits per heavy atom. The minimum absolute atomic E-state index is 0.0616. The number of rotatable bonds is 8. The van der Waals surface area contributed by atoms with Crippen LogP contribution in [0.3, 0.4) is 0 Å². The number of unbranched alkanes of at least 4 members (excludes halogenated alkanes) is 2. The Bertz CT molecular complexity index is 1460. The van der Waals surface area contributed by atoms with Gasteiger partial charge < -0.3 is 4.90 Å². The molecule has 0 saturated carbocycles. The van der Waals surface area contributed by atoms with Gasteiger partial charge in [-0.1, -0.05) is 67.8 Å². The number of nitrogens with zero attached hydrogens (tertiary/aromatic N) is 3. The van der Waals surface area contributed by atoms with E-state index in [1.807, 2.05) is 86.3 Å². The lowest BCUT2D eigenvalue weighted by Crippen LogP contribution is -2.38. The second kappa shape index (κ2) is 11.1. The number of halogens is 1. The number of benzene rings is 3. The second-order valence-electron chi connectivity index (χ2n) is 9.21. The van der Waals surface area contributed by atoms with Crippen molar-refractivity contribution in [1.82, 2.24) is 14.5 Å². The van der Waals surface area contributed by atoms with Gasteiger partial charge in [-0.3, -0.25) is 14.2 Å². The molecule has 0 fully saturated rings. The van der Waals surface area contributed by atoms with Crippen molar-refractivity contribution in [2.24, 2.45) is 0 Å². The first kappa shape index (κ1) is 25.6. The van der Waals surface area contributed by atoms with Gasteiger partial charge in [0.1, 0.15) is 5.82 Å². The first-order chi connectivity index (χ1) is 17.3. The van der Waals surface area contributed by atoms with Crippen LogP contribution in [-0.4, -0.2) is 26.9 Å². The van der Waals surface area contributed by atoms with Crippen LogP contribution in [0, 0.1) is 13.8 Å². The van der Waals surface area contributed by atoms with Crippen LogP contribution in [0.1, 0.15) is 66.5 Å². The van der Waals surface area contributed by atoms with E-state index in [-0.39, 0.29) is 11.5 Å². The zero-order chi connectivity index (χ0) is 25.8. The number of hydrogen-bond donors (Lipinski definition) is 0. The fourth-order valence-electron chi connectivity index (χ4n) is 4.61. The second-order valence-corrected chi connectivity index (χ2v) is 9.62. The van der Waals surface area contributed by atoms with E-state index in [1.165, 1.54) is 0 Å². The molecule has 0 radical (unpaired) electrons. The van der Waals surface area contributed by atoms with Crippen LogP contribution < -0.4 is 5.56 Å². The molecule has 36 heavy (non-hydrogen) atoms. The van der Waals surface area contributed by atoms with E-state index < -0.39 is 6.04 Å². The van der Waals surface area contributed by atoms with Crippen molar-refractivity contribution in [2.75, 3.05) is 6.54 Å². The van der Waals surface area contributed by atoms with Gasteiger partial charge >= 0.3 is 0 Å². The van der Waals surface area contributed by atoms with Crippen molar-refractivity contribution in [3.63, 3.8) is 0 Å². The number of fused-ring (bicyclic) bond motifs is 1. The minimum atomic E-state index is -0.454. The zero-order valence-corrected chi connectivity index (χ0v) is 22.0. The third kappa shape index (κ3) is 4.93. The summed E-state index contributed by atoms with van der Waals surface area (Å²) in [6, 6.07) is 20.0. The van der Waals surface area contributed by atoms with Crippen LogP contribution in [0.2, 0.25) is 5.02 Å². The molecule has 4 rings (SSSR count). The van der Waals surface area contributed by atoms with Gasteiger partial charge in [0.25, 0.3) is 11.5 Å². The number of para-hydroxylation sites is 1. The number of carbonyl (C=O) groups is 1. The molecule has 0 aliphatic carbocycles. The Kier molecular flexibility index (Phi) is 7.90. The lowest BCUT2D eigenvalue weighted by molar-refractivity contribution is 0.0676. The maximum atomic E-state index is 13.9. The van der Waals surface area contributed by atoms with Gasteiger partial charge in [0.2, 0.25) is 0 Å². The summed E-state index contributed by atoms with van der Waals surface area (Å²) in [4.78, 5) is 34.6. The number of amides is 1. The molecule has 1 atom stereocenters. The van der Waals surface area contributed by atoms with Crippen molar-refractivity contribution < 1.29 is 4.79 Å². The summed E-state index contributed by atoms with van der Waals surface area (Å²) in [7, 11) is 0. The molecule has 0 saturated heterocycles. The van der Waals surface area contributed by atoms with Crippen molar-refractivity contribution in [1.29, 1.82) is 0 Å². The molecule has 1 amide bonds. The molecule has 5 nitrogen and oxygen atoms in total. The summed E-state index contributed by atoms with van der Waals surface area (Å²) in [5.41, 5.74) is 3.47. The Hall–Kier alpha value is -3.44. The Labute approximate surface area is 217 Å². The first-order valence-electron chi connectivity index (χ1n) is 12.5. The van der Waals surface area contributed by atoms with Crippen molar-refractivity contribution in [3.8, 4) is 5.69 Å². The summed E-state index contributed by atoms with van der Waals surface area (Å²) >= 11 is 6.46. The summed E-state index contributed by atoms with van der Waals surface area (Å²) in [6.07, 6.45) is 2.92. The molecule has 1 unspecified atom stereocenters. The van der Waals surface area contributed by atoms with Crippen LogP contribution >= 0.6 is 11.6 Å². The quantitative estimate of drug-likeness (QED) is 0.243. The van der Waals surface area contributed by atoms with E-state index in [0.29, 0.717) is 39.5 Å². The lowest BCUT2D eigenvalue weighted by Gasteiger charge is -2.31. The number of aryl methyl sites for hydroxylation is 1. The van der Waals surface area contributed by atoms with Crippen LogP contribution in [-0.2, 0) is 0 Å². The highest BCUT2D eigenvalue weighted by molar-refractivity contribution is 6.31. The predicted molar refractivity (Wildman–Crippen MR) is 147 cm³/mol. The van der Waals surface area contributed by atoms with E-state index in [4.69, 9.17) is 16.6 Å². The van der Waals surface area contributed by atoms with Crippen LogP contribution in [0.15, 0.2) is 71.5 Å². The van der Waals surface area contributed by atoms with Gasteiger partial charge in [-0.2, -0.15) is 0 Å². The SMILES string of the molecule is CCCCCN(C(=O)c1ccccc1C)C(C)c1nc2ccccc2c(=O)n1-c1cccc(Cl)c1C. The maximum absolute atomic E-state index is 13.9. The molecule has 0 bridgehead atoms. The number of hydrogen-bond acceptors (Lipinski definition) is 3. The van der Waals surface area contributed by atoms with Crippen LogP contribution in [0.5, 0.6) is 0 Å². The van der Waals surface area contributed by atoms with Gasteiger partial charge in [-0.05, 0) is 68.7 Å². The standard InChI is InChI=1S/C30H32ClN3O2/c1-5-6-11-19-33(29(35)23-14-8-7-13-20(23)2)22(4)28-32-26-17-10-9-15-24(26)30(36)34(28)27-18-12-16-25(31)21(27)3/h7-10,12-18,22H,5-6,11,19H2,1-4H3. The third-order valence-electron chi connectivity index (χ3n) is 6.76. The summed E-state index contributed by atoms with van der Waals surface area (Å²) < 4.78 is 1.63. The minimum Gasteiger partial charge on any atom is -0.329 e. The monoisotopic (exact) mass is 501 g/mol. The fraction of sp³-hybridized carbons (Fsp3) is 0.300. The Morgan fingerprint density at radius 2 is 1.72 bits per heavy atom. The molecule has 4 aromatic rings. The number of aromatic nitrogens is 2. The average molecular weight is 502 g/mol. The molecule has 3 aromatic carbocycles. The molecule has 1 aromatic heterocycles. The average Bonchev–Trinajstić information content (AvgIpc) is 2.88. The van der Waals surface area contributed by atoms with E-state index in [1.54, 1.807) is 10.6 Å². The van der Waals surface area contributed by atoms with E-state index in [9.17, 15) is 9.59 Å². The summed E-state index contributed by atoms with van der Waals surface area (Å²) in [5.74, 6) is 0.455. The molecule has 6 heteroatoms. The molecular weight excluding hydrogens is 470 g/mol. The van der Waals surface area contributed by atoms with E-state index in [0.717, 1.165) is 30.4 Å². The summed E-state index contributed by atoms with van der Waals surface area (Å²) in [5, 5.41) is 1.09. The van der Waals surface area contributed by atoms with Gasteiger partial charge in [-0.15, -0.1) is 0 Å². The van der Waals surface area contributed by atoms with E-state index in [2.05, 4.69) is 6.92 Å². The predicted octanol–water partition coefficient (Wildman–Crippen LogP) is 7.05. The molecule has 0 N–H and O–H groups in total. The largest absolute Gasteiger partial charge is 0.329 e. The topological polar surface area (TPSA) is 55.2 Å². The molecule has 0 spiro atoms. The molecular formula is C30H32ClN3O2. The smallest absolute Gasteiger partial charge is 0.266 e. The highest BCUT2D eigenvalue weighted by Crippen LogP contribution is 2.28. The number of carbonyl (C=O) groups excluding carboxylic acids is 1. The molecule has 1 heterocycles. The van der Waals surface area contributed by atoms with Gasteiger partial charge in [-0.25, -0.2) is 4.98 Å². The van der Waals surface area contributed by atoms with Gasteiger partial charge in [0.05, 0.1) is 22.6 Å². The molecule has 0 aliphatic heterocycles. The summed E-state index contributed by atoms with van der Waals surface area (Å²) in [6.45, 7) is 8.50. The van der Waals surface area contributed by atoms with Crippen molar-refractivity contribution in [3.05, 3.63) is 105 Å². The first-order valence-corrected chi connectivity index (χ1v) is 12.9. The van der Waals surface area contributed by atoms with Gasteiger partial charge in [0.15, 0.2) is 0 Å². The zero-order valence-electron chi connectivity index (χ0n) is 21.3. The van der Waals surface area contributed by atoms with Gasteiger partial charge in [0, 0.05) is 17.1 Å². The van der Waals surface area contributed by atoms with Crippen molar-refractivity contribution >= 4 is 28.4 Å². The molecule has 0 aliphatic rings.